The fourth-order valence-electron chi connectivity index (χ4n) is 3.27. The van der Waals surface area contributed by atoms with Gasteiger partial charge < -0.3 is 40.2 Å². The van der Waals surface area contributed by atoms with Gasteiger partial charge in [0.1, 0.15) is 6.10 Å². The molecule has 0 radical (unpaired) electrons. The molecule has 4 rings (SSSR count). The van der Waals surface area contributed by atoms with Crippen molar-refractivity contribution in [2.24, 2.45) is 0 Å². The van der Waals surface area contributed by atoms with Crippen molar-refractivity contribution in [3.8, 4) is 5.88 Å². The number of benzene rings is 1. The van der Waals surface area contributed by atoms with Gasteiger partial charge in [-0.1, -0.05) is 13.8 Å². The van der Waals surface area contributed by atoms with Crippen LogP contribution in [0.4, 0.5) is 11.6 Å². The molecule has 0 amide bonds. The molecule has 1 fully saturated rings. The smallest absolute Gasteiger partial charge is 0.473 e. The van der Waals surface area contributed by atoms with E-state index < -0.39 is 6.10 Å². The molecule has 3 aromatic rings. The van der Waals surface area contributed by atoms with Crippen molar-refractivity contribution in [2.45, 2.75) is 55.6 Å². The van der Waals surface area contributed by atoms with Crippen LogP contribution in [0.5, 0.6) is 5.88 Å². The van der Waals surface area contributed by atoms with E-state index in [1.54, 1.807) is 24.3 Å². The minimum atomic E-state index is -2.93. The van der Waals surface area contributed by atoms with Crippen molar-refractivity contribution in [2.75, 3.05) is 5.32 Å². The van der Waals surface area contributed by atoms with Crippen LogP contribution in [-0.2, 0) is 0 Å². The van der Waals surface area contributed by atoms with E-state index >= 15 is 0 Å². The minimum absolute atomic E-state index is 0. The molecule has 0 spiro atoms. The summed E-state index contributed by atoms with van der Waals surface area (Å²) >= 11 is 2.33. The number of nitrogens with one attached hydrogen (secondary N) is 2. The van der Waals surface area contributed by atoms with Crippen LogP contribution in [0.2, 0.25) is 0 Å². The summed E-state index contributed by atoms with van der Waals surface area (Å²) < 4.78 is 12.5. The summed E-state index contributed by atoms with van der Waals surface area (Å²) in [5, 5.41) is 31.8. The third kappa shape index (κ3) is 11.4. The van der Waals surface area contributed by atoms with Crippen LogP contribution in [0.1, 0.15) is 49.7 Å². The van der Waals surface area contributed by atoms with E-state index in [0.29, 0.717) is 22.7 Å². The average molecular weight is 771 g/mol. The number of anilines is 2. The van der Waals surface area contributed by atoms with Crippen LogP contribution in [0.15, 0.2) is 46.9 Å². The third-order valence-corrected chi connectivity index (χ3v) is 6.63. The van der Waals surface area contributed by atoms with Crippen LogP contribution in [0, 0.1) is 14.9 Å². The monoisotopic (exact) mass is 771 g/mol. The standard InChI is InChI=1S/C21H25N5O4S2.2CH3.2Cs/c1-12(2)18-11-31-25-19(18)30-16-7-13(8-16)14-9-22-20(23-10-14)24-15-3-5-17(6-4-15)32-26-21(27,28)29;;;;/h3-6,9-13,16,26-29H,7-8H2,1-2H3,(H,22,23,24);2*1H3;;/q;2*-1;2*+1. The van der Waals surface area contributed by atoms with Gasteiger partial charge in [-0.05, 0) is 78.0 Å². The van der Waals surface area contributed by atoms with Gasteiger partial charge in [-0.25, -0.2) is 9.97 Å². The topological polar surface area (TPSA) is 133 Å². The summed E-state index contributed by atoms with van der Waals surface area (Å²) in [4.78, 5) is 9.52. The molecule has 0 aliphatic heterocycles. The fourth-order valence-corrected chi connectivity index (χ4v) is 4.59. The second-order valence-electron chi connectivity index (χ2n) is 7.97. The molecule has 2 heterocycles. The Morgan fingerprint density at radius 1 is 1.06 bits per heavy atom. The van der Waals surface area contributed by atoms with Crippen molar-refractivity contribution in [3.63, 3.8) is 0 Å². The van der Waals surface area contributed by atoms with Gasteiger partial charge in [-0.15, -0.1) is 0 Å². The zero-order chi connectivity index (χ0) is 22.7. The SMILES string of the molecule is CC(C)c1csnc1OC1CC(c2cnc(Nc3ccc(SNC(O)(O)O)cc3)nc2)C1.[CH3-].[CH3-].[Cs+].[Cs+]. The molecule has 5 N–H and O–H groups in total. The number of rotatable bonds is 9. The Labute approximate surface area is 339 Å². The summed E-state index contributed by atoms with van der Waals surface area (Å²) in [5.41, 5.74) is 3.05. The molecule has 186 valence electrons. The molecule has 0 unspecified atom stereocenters. The first-order chi connectivity index (χ1) is 15.3. The molecule has 0 saturated heterocycles. The van der Waals surface area contributed by atoms with E-state index in [0.717, 1.165) is 41.9 Å². The van der Waals surface area contributed by atoms with Crippen molar-refractivity contribution in [1.29, 1.82) is 0 Å². The Kier molecular flexibility index (Phi) is 18.5. The van der Waals surface area contributed by atoms with Gasteiger partial charge in [0, 0.05) is 33.9 Å². The van der Waals surface area contributed by atoms with Gasteiger partial charge in [0.25, 0.3) is 0 Å². The molecule has 13 heteroatoms. The molecular weight excluding hydrogens is 740 g/mol. The van der Waals surface area contributed by atoms with Crippen LogP contribution < -0.4 is 153 Å². The second kappa shape index (κ2) is 17.6. The molecule has 0 atom stereocenters. The van der Waals surface area contributed by atoms with Gasteiger partial charge in [0.15, 0.2) is 0 Å². The van der Waals surface area contributed by atoms with E-state index in [1.165, 1.54) is 17.1 Å². The molecule has 0 bridgehead atoms. The first-order valence-corrected chi connectivity index (χ1v) is 11.8. The Bertz CT molecular complexity index is 1030. The normalized spacial score (nSPS) is 16.4. The number of aromatic nitrogens is 3. The summed E-state index contributed by atoms with van der Waals surface area (Å²) in [6.45, 7) is 4.29. The van der Waals surface area contributed by atoms with Crippen molar-refractivity contribution in [3.05, 3.63) is 68.0 Å². The van der Waals surface area contributed by atoms with E-state index in [2.05, 4.69) is 43.6 Å². The predicted molar refractivity (Wildman–Crippen MR) is 136 cm³/mol. The maximum atomic E-state index is 8.86. The Morgan fingerprint density at radius 3 is 2.22 bits per heavy atom. The van der Waals surface area contributed by atoms with E-state index in [-0.39, 0.29) is 159 Å². The van der Waals surface area contributed by atoms with Crippen molar-refractivity contribution < 1.29 is 158 Å². The van der Waals surface area contributed by atoms with Gasteiger partial charge in [0.05, 0.1) is 0 Å². The van der Waals surface area contributed by atoms with Crippen molar-refractivity contribution >= 4 is 35.1 Å². The summed E-state index contributed by atoms with van der Waals surface area (Å²) in [5.74, 6) is 2.05. The largest absolute Gasteiger partial charge is 1.00 e. The summed E-state index contributed by atoms with van der Waals surface area (Å²) in [6, 6.07) is 7.10. The van der Waals surface area contributed by atoms with Gasteiger partial charge in [0.2, 0.25) is 11.8 Å². The number of ether oxygens (including phenoxy) is 1. The van der Waals surface area contributed by atoms with E-state index in [9.17, 15) is 0 Å². The van der Waals surface area contributed by atoms with Gasteiger partial charge in [-0.2, -0.15) is 9.10 Å². The predicted octanol–water partition coefficient (Wildman–Crippen LogP) is -1.78. The van der Waals surface area contributed by atoms with Crippen LogP contribution in [0.25, 0.3) is 0 Å². The summed E-state index contributed by atoms with van der Waals surface area (Å²) in [7, 11) is 0. The first-order valence-electron chi connectivity index (χ1n) is 10.2. The van der Waals surface area contributed by atoms with Crippen molar-refractivity contribution in [1.82, 2.24) is 19.1 Å². The molecule has 9 nitrogen and oxygen atoms in total. The quantitative estimate of drug-likeness (QED) is 0.0968. The maximum Gasteiger partial charge on any atom is 1.00 e. The molecule has 1 saturated carbocycles. The number of nitrogens with zero attached hydrogens (tertiary/aromatic N) is 3. The third-order valence-electron chi connectivity index (χ3n) is 5.12. The second-order valence-corrected chi connectivity index (χ2v) is 9.48. The minimum Gasteiger partial charge on any atom is -0.473 e. The Hall–Kier alpha value is 1.82. The molecule has 36 heavy (non-hydrogen) atoms. The van der Waals surface area contributed by atoms with E-state index in [1.807, 2.05) is 12.4 Å². The van der Waals surface area contributed by atoms with E-state index in [4.69, 9.17) is 20.1 Å². The molecule has 1 aromatic carbocycles. The molecule has 1 aliphatic rings. The Balaban J connectivity index is 0.00000306. The maximum absolute atomic E-state index is 8.86. The van der Waals surface area contributed by atoms with Crippen LogP contribution in [-0.4, -0.2) is 41.9 Å². The zero-order valence-corrected chi connectivity index (χ0v) is 35.8. The number of hydrogen-bond donors (Lipinski definition) is 5. The molecular formula is C23H31Cs2N5O4S2. The first kappa shape index (κ1) is 37.8. The number of aliphatic hydroxyl groups is 3. The van der Waals surface area contributed by atoms with Gasteiger partial charge in [-0.3, -0.25) is 0 Å². The average Bonchev–Trinajstić information content (AvgIpc) is 3.19. The van der Waals surface area contributed by atoms with Crippen LogP contribution >= 0.6 is 23.5 Å². The van der Waals surface area contributed by atoms with Gasteiger partial charge >= 0.3 is 144 Å². The Morgan fingerprint density at radius 2 is 1.67 bits per heavy atom. The zero-order valence-electron chi connectivity index (χ0n) is 21.6. The number of hydrogen-bond acceptors (Lipinski definition) is 11. The molecule has 1 aliphatic carbocycles. The summed E-state index contributed by atoms with van der Waals surface area (Å²) in [6.07, 6.45) is 2.79. The van der Waals surface area contributed by atoms with Crippen LogP contribution in [0.3, 0.4) is 0 Å². The molecule has 2 aromatic heterocycles. The fraction of sp³-hybridized carbons (Fsp3) is 0.348.